The number of amides is 2. The van der Waals surface area contributed by atoms with E-state index in [0.717, 1.165) is 24.8 Å². The largest absolute Gasteiger partial charge is 0.480 e. The monoisotopic (exact) mass is 375 g/mol. The highest BCUT2D eigenvalue weighted by atomic mass is 16.4. The zero-order chi connectivity index (χ0) is 20.0. The third kappa shape index (κ3) is 6.54. The topological polar surface area (TPSA) is 81.7 Å². The van der Waals surface area contributed by atoms with Crippen LogP contribution in [-0.2, 0) is 11.2 Å². The molecule has 1 aromatic carbocycles. The zero-order valence-corrected chi connectivity index (χ0v) is 16.9. The van der Waals surface area contributed by atoms with E-state index in [2.05, 4.69) is 48.7 Å². The zero-order valence-electron chi connectivity index (χ0n) is 16.9. The van der Waals surface area contributed by atoms with Gasteiger partial charge in [-0.2, -0.15) is 0 Å². The Morgan fingerprint density at radius 3 is 2.33 bits per heavy atom. The number of nitrogens with one attached hydrogen (secondary N) is 2. The molecule has 2 amide bonds. The molecule has 0 bridgehead atoms. The molecular formula is C21H33N3O3. The third-order valence-electron chi connectivity index (χ3n) is 5.18. The van der Waals surface area contributed by atoms with E-state index in [-0.39, 0.29) is 30.7 Å². The number of aliphatic carboxylic acids is 1. The molecule has 0 heterocycles. The summed E-state index contributed by atoms with van der Waals surface area (Å²) in [6, 6.07) is 8.53. The number of benzene rings is 1. The van der Waals surface area contributed by atoms with Crippen molar-refractivity contribution in [1.29, 1.82) is 0 Å². The Hall–Kier alpha value is -2.08. The van der Waals surface area contributed by atoms with Gasteiger partial charge in [0.15, 0.2) is 0 Å². The first-order valence-corrected chi connectivity index (χ1v) is 9.90. The molecule has 0 radical (unpaired) electrons. The summed E-state index contributed by atoms with van der Waals surface area (Å²) in [6.45, 7) is 9.12. The summed E-state index contributed by atoms with van der Waals surface area (Å²) in [7, 11) is 0. The number of carbonyl (C=O) groups excluding carboxylic acids is 1. The Morgan fingerprint density at radius 2 is 1.81 bits per heavy atom. The van der Waals surface area contributed by atoms with Crippen LogP contribution in [0.25, 0.3) is 0 Å². The first kappa shape index (κ1) is 21.2. The van der Waals surface area contributed by atoms with Gasteiger partial charge >= 0.3 is 12.0 Å². The molecule has 3 N–H and O–H groups in total. The number of urea groups is 1. The van der Waals surface area contributed by atoms with Gasteiger partial charge in [-0.25, -0.2) is 4.79 Å². The molecule has 1 atom stereocenters. The predicted octanol–water partition coefficient (Wildman–Crippen LogP) is 3.18. The Kier molecular flexibility index (Phi) is 7.66. The number of hydrogen-bond acceptors (Lipinski definition) is 3. The summed E-state index contributed by atoms with van der Waals surface area (Å²) in [5, 5.41) is 14.9. The Morgan fingerprint density at radius 1 is 1.19 bits per heavy atom. The normalized spacial score (nSPS) is 20.2. The molecule has 1 fully saturated rings. The van der Waals surface area contributed by atoms with Crippen molar-refractivity contribution >= 4 is 12.0 Å². The van der Waals surface area contributed by atoms with E-state index < -0.39 is 5.97 Å². The molecule has 0 aromatic heterocycles. The summed E-state index contributed by atoms with van der Waals surface area (Å²) in [5.41, 5.74) is 2.40. The van der Waals surface area contributed by atoms with Crippen molar-refractivity contribution < 1.29 is 14.7 Å². The fraction of sp³-hybridized carbons (Fsp3) is 0.619. The summed E-state index contributed by atoms with van der Waals surface area (Å²) < 4.78 is 0. The number of rotatable bonds is 9. The lowest BCUT2D eigenvalue weighted by Crippen LogP contribution is -2.56. The molecule has 6 nitrogen and oxygen atoms in total. The van der Waals surface area contributed by atoms with E-state index in [9.17, 15) is 9.59 Å². The average molecular weight is 376 g/mol. The molecule has 1 aliphatic rings. The first-order chi connectivity index (χ1) is 12.8. The van der Waals surface area contributed by atoms with Crippen molar-refractivity contribution in [2.75, 3.05) is 13.1 Å². The van der Waals surface area contributed by atoms with Crippen LogP contribution in [0.4, 0.5) is 4.79 Å². The molecule has 1 unspecified atom stereocenters. The van der Waals surface area contributed by atoms with Gasteiger partial charge in [0.1, 0.15) is 0 Å². The van der Waals surface area contributed by atoms with Gasteiger partial charge in [-0.1, -0.05) is 45.0 Å². The van der Waals surface area contributed by atoms with E-state index in [1.165, 1.54) is 5.56 Å². The molecule has 6 heteroatoms. The summed E-state index contributed by atoms with van der Waals surface area (Å²) >= 11 is 0. The number of carboxylic acid groups (broad SMARTS) is 1. The lowest BCUT2D eigenvalue weighted by molar-refractivity contribution is -0.139. The molecular weight excluding hydrogens is 342 g/mol. The van der Waals surface area contributed by atoms with Gasteiger partial charge in [-0.05, 0) is 49.8 Å². The van der Waals surface area contributed by atoms with Gasteiger partial charge in [0.2, 0.25) is 0 Å². The van der Waals surface area contributed by atoms with Gasteiger partial charge in [0, 0.05) is 12.1 Å². The van der Waals surface area contributed by atoms with Crippen molar-refractivity contribution in [3.63, 3.8) is 0 Å². The van der Waals surface area contributed by atoms with E-state index in [0.29, 0.717) is 12.5 Å². The van der Waals surface area contributed by atoms with Crippen LogP contribution in [0, 0.1) is 5.92 Å². The third-order valence-corrected chi connectivity index (χ3v) is 5.18. The second-order valence-corrected chi connectivity index (χ2v) is 7.96. The first-order valence-electron chi connectivity index (χ1n) is 9.90. The second-order valence-electron chi connectivity index (χ2n) is 7.96. The second kappa shape index (κ2) is 9.74. The average Bonchev–Trinajstić information content (AvgIpc) is 2.55. The molecule has 0 spiro atoms. The van der Waals surface area contributed by atoms with E-state index in [1.54, 1.807) is 0 Å². The molecule has 0 aliphatic heterocycles. The van der Waals surface area contributed by atoms with Crippen molar-refractivity contribution in [2.24, 2.45) is 5.92 Å². The number of likely N-dealkylation sites (N-methyl/N-ethyl adjacent to an activating group) is 1. The quantitative estimate of drug-likeness (QED) is 0.619. The van der Waals surface area contributed by atoms with E-state index in [4.69, 9.17) is 5.11 Å². The summed E-state index contributed by atoms with van der Waals surface area (Å²) in [5.74, 6) is -0.179. The minimum Gasteiger partial charge on any atom is -0.480 e. The minimum atomic E-state index is -0.806. The molecule has 27 heavy (non-hydrogen) atoms. The van der Waals surface area contributed by atoms with Gasteiger partial charge in [0.25, 0.3) is 0 Å². The highest BCUT2D eigenvalue weighted by Crippen LogP contribution is 2.25. The van der Waals surface area contributed by atoms with Crippen LogP contribution in [0.15, 0.2) is 24.3 Å². The van der Waals surface area contributed by atoms with Crippen LogP contribution in [-0.4, -0.2) is 47.2 Å². The number of hydrogen-bond donors (Lipinski definition) is 3. The smallest absolute Gasteiger partial charge is 0.317 e. The van der Waals surface area contributed by atoms with Crippen molar-refractivity contribution in [3.05, 3.63) is 35.4 Å². The van der Waals surface area contributed by atoms with Gasteiger partial charge in [-0.3, -0.25) is 9.69 Å². The van der Waals surface area contributed by atoms with Crippen LogP contribution in [0.2, 0.25) is 0 Å². The van der Waals surface area contributed by atoms with Crippen LogP contribution in [0.3, 0.4) is 0 Å². The molecule has 150 valence electrons. The lowest BCUT2D eigenvalue weighted by Gasteiger charge is -2.42. The van der Waals surface area contributed by atoms with Crippen molar-refractivity contribution in [1.82, 2.24) is 15.5 Å². The highest BCUT2D eigenvalue weighted by Gasteiger charge is 2.34. The number of nitrogens with zero attached hydrogens (tertiary/aromatic N) is 1. The Bertz CT molecular complexity index is 624. The van der Waals surface area contributed by atoms with Crippen molar-refractivity contribution in [2.45, 2.75) is 65.1 Å². The maximum absolute atomic E-state index is 12.2. The fourth-order valence-electron chi connectivity index (χ4n) is 3.60. The van der Waals surface area contributed by atoms with Crippen LogP contribution in [0.1, 0.15) is 57.7 Å². The molecule has 1 aromatic rings. The lowest BCUT2D eigenvalue weighted by atomic mass is 9.85. The predicted molar refractivity (Wildman–Crippen MR) is 107 cm³/mol. The van der Waals surface area contributed by atoms with E-state index in [1.807, 2.05) is 18.7 Å². The van der Waals surface area contributed by atoms with Gasteiger partial charge in [-0.15, -0.1) is 0 Å². The maximum Gasteiger partial charge on any atom is 0.317 e. The SMILES string of the molecule is CCN(CC(=O)O)C1CC(NC(=O)NC(C)c2ccc(CC(C)C)cc2)C1. The summed E-state index contributed by atoms with van der Waals surface area (Å²) in [4.78, 5) is 25.1. The van der Waals surface area contributed by atoms with E-state index >= 15 is 0 Å². The highest BCUT2D eigenvalue weighted by molar-refractivity contribution is 5.75. The molecule has 2 rings (SSSR count). The number of carbonyl (C=O) groups is 2. The Balaban J connectivity index is 1.75. The maximum atomic E-state index is 12.2. The van der Waals surface area contributed by atoms with Crippen molar-refractivity contribution in [3.8, 4) is 0 Å². The Labute approximate surface area is 162 Å². The number of carboxylic acids is 1. The van der Waals surface area contributed by atoms with Crippen LogP contribution >= 0.6 is 0 Å². The van der Waals surface area contributed by atoms with Gasteiger partial charge in [0.05, 0.1) is 12.6 Å². The standard InChI is InChI=1S/C21H33N3O3/c1-5-24(13-20(25)26)19-11-18(12-19)23-21(27)22-15(4)17-8-6-16(7-9-17)10-14(2)3/h6-9,14-15,18-19H,5,10-13H2,1-4H3,(H,25,26)(H2,22,23,27). The molecule has 1 aliphatic carbocycles. The van der Waals surface area contributed by atoms with Crippen LogP contribution in [0.5, 0.6) is 0 Å². The molecule has 1 saturated carbocycles. The summed E-state index contributed by atoms with van der Waals surface area (Å²) in [6.07, 6.45) is 2.65. The van der Waals surface area contributed by atoms with Gasteiger partial charge < -0.3 is 15.7 Å². The van der Waals surface area contributed by atoms with Crippen LogP contribution < -0.4 is 10.6 Å². The molecule has 0 saturated heterocycles. The fourth-order valence-corrected chi connectivity index (χ4v) is 3.60. The minimum absolute atomic E-state index is 0.0594.